The summed E-state index contributed by atoms with van der Waals surface area (Å²) in [6.45, 7) is 0. The van der Waals surface area contributed by atoms with Crippen molar-refractivity contribution in [2.75, 3.05) is 0 Å². The third-order valence-electron chi connectivity index (χ3n) is 2.12. The van der Waals surface area contributed by atoms with Crippen LogP contribution in [0.5, 0.6) is 0 Å². The molecule has 3 heterocycles. The molecule has 16 heavy (non-hydrogen) atoms. The SMILES string of the molecule is Clc1cnc2oc(-c3cccnc3)nc2c1. The lowest BCUT2D eigenvalue weighted by molar-refractivity contribution is 0.607. The topological polar surface area (TPSA) is 51.8 Å². The normalized spacial score (nSPS) is 10.8. The number of pyridine rings is 2. The van der Waals surface area contributed by atoms with Crippen LogP contribution in [-0.2, 0) is 0 Å². The average molecular weight is 232 g/mol. The van der Waals surface area contributed by atoms with E-state index in [0.717, 1.165) is 5.56 Å². The van der Waals surface area contributed by atoms with Gasteiger partial charge in [0.2, 0.25) is 11.6 Å². The van der Waals surface area contributed by atoms with Crippen LogP contribution in [0.1, 0.15) is 0 Å². The zero-order valence-corrected chi connectivity index (χ0v) is 8.85. The number of hydrogen-bond acceptors (Lipinski definition) is 4. The van der Waals surface area contributed by atoms with Crippen LogP contribution in [-0.4, -0.2) is 15.0 Å². The van der Waals surface area contributed by atoms with Crippen molar-refractivity contribution < 1.29 is 4.42 Å². The predicted molar refractivity (Wildman–Crippen MR) is 60.0 cm³/mol. The van der Waals surface area contributed by atoms with Crippen LogP contribution in [0, 0.1) is 0 Å². The van der Waals surface area contributed by atoms with Gasteiger partial charge in [-0.25, -0.2) is 9.97 Å². The monoisotopic (exact) mass is 231 g/mol. The van der Waals surface area contributed by atoms with E-state index in [1.54, 1.807) is 18.5 Å². The second-order valence-corrected chi connectivity index (χ2v) is 3.67. The lowest BCUT2D eigenvalue weighted by atomic mass is 10.3. The second kappa shape index (κ2) is 3.57. The molecule has 5 heteroatoms. The molecule has 3 aromatic heterocycles. The molecule has 0 amide bonds. The number of oxazole rings is 1. The first-order valence-electron chi connectivity index (χ1n) is 4.65. The van der Waals surface area contributed by atoms with Gasteiger partial charge in [-0.15, -0.1) is 0 Å². The molecule has 0 aliphatic rings. The minimum Gasteiger partial charge on any atom is -0.418 e. The molecule has 0 atom stereocenters. The first-order valence-corrected chi connectivity index (χ1v) is 5.03. The zero-order chi connectivity index (χ0) is 11.0. The summed E-state index contributed by atoms with van der Waals surface area (Å²) in [6, 6.07) is 5.41. The molecule has 3 aromatic rings. The van der Waals surface area contributed by atoms with Crippen molar-refractivity contribution in [1.29, 1.82) is 0 Å². The van der Waals surface area contributed by atoms with Crippen molar-refractivity contribution in [3.05, 3.63) is 41.8 Å². The number of rotatable bonds is 1. The Hall–Kier alpha value is -1.94. The van der Waals surface area contributed by atoms with Crippen molar-refractivity contribution >= 4 is 22.8 Å². The van der Waals surface area contributed by atoms with Crippen molar-refractivity contribution in [3.8, 4) is 11.5 Å². The van der Waals surface area contributed by atoms with E-state index in [1.165, 1.54) is 6.20 Å². The fourth-order valence-electron chi connectivity index (χ4n) is 1.41. The fraction of sp³-hybridized carbons (Fsp3) is 0. The third kappa shape index (κ3) is 1.53. The van der Waals surface area contributed by atoms with E-state index in [2.05, 4.69) is 15.0 Å². The summed E-state index contributed by atoms with van der Waals surface area (Å²) >= 11 is 5.82. The molecular weight excluding hydrogens is 226 g/mol. The van der Waals surface area contributed by atoms with Crippen LogP contribution in [0.4, 0.5) is 0 Å². The molecule has 0 N–H and O–H groups in total. The minimum atomic E-state index is 0.475. The summed E-state index contributed by atoms with van der Waals surface area (Å²) in [5.41, 5.74) is 1.94. The molecule has 0 unspecified atom stereocenters. The zero-order valence-electron chi connectivity index (χ0n) is 8.09. The number of hydrogen-bond donors (Lipinski definition) is 0. The Morgan fingerprint density at radius 3 is 3.00 bits per heavy atom. The summed E-state index contributed by atoms with van der Waals surface area (Å²) < 4.78 is 5.49. The van der Waals surface area contributed by atoms with E-state index in [-0.39, 0.29) is 0 Å². The van der Waals surface area contributed by atoms with Crippen LogP contribution in [0.25, 0.3) is 22.7 Å². The van der Waals surface area contributed by atoms with Gasteiger partial charge < -0.3 is 4.42 Å². The Kier molecular flexibility index (Phi) is 2.08. The average Bonchev–Trinajstić information content (AvgIpc) is 2.73. The van der Waals surface area contributed by atoms with Crippen LogP contribution in [0.15, 0.2) is 41.2 Å². The summed E-state index contributed by atoms with van der Waals surface area (Å²) in [5.74, 6) is 0.498. The van der Waals surface area contributed by atoms with Crippen molar-refractivity contribution in [2.45, 2.75) is 0 Å². The van der Waals surface area contributed by atoms with Crippen LogP contribution in [0.2, 0.25) is 5.02 Å². The quantitative estimate of drug-likeness (QED) is 0.646. The van der Waals surface area contributed by atoms with Gasteiger partial charge in [0.1, 0.15) is 5.52 Å². The van der Waals surface area contributed by atoms with Crippen LogP contribution in [0.3, 0.4) is 0 Å². The van der Waals surface area contributed by atoms with E-state index in [9.17, 15) is 0 Å². The maximum Gasteiger partial charge on any atom is 0.247 e. The first-order chi connectivity index (χ1) is 7.83. The maximum atomic E-state index is 5.82. The molecule has 0 saturated carbocycles. The van der Waals surface area contributed by atoms with Gasteiger partial charge in [0, 0.05) is 18.6 Å². The molecule has 0 fully saturated rings. The predicted octanol–water partition coefficient (Wildman–Crippen LogP) is 2.94. The van der Waals surface area contributed by atoms with E-state index in [1.807, 2.05) is 12.1 Å². The Morgan fingerprint density at radius 2 is 2.19 bits per heavy atom. The Bertz CT molecular complexity index is 636. The van der Waals surface area contributed by atoms with Crippen molar-refractivity contribution in [2.24, 2.45) is 0 Å². The van der Waals surface area contributed by atoms with Gasteiger partial charge in [-0.05, 0) is 18.2 Å². The van der Waals surface area contributed by atoms with Gasteiger partial charge in [0.25, 0.3) is 0 Å². The van der Waals surface area contributed by atoms with Gasteiger partial charge in [0.15, 0.2) is 0 Å². The molecule has 0 aromatic carbocycles. The molecule has 78 valence electrons. The highest BCUT2D eigenvalue weighted by molar-refractivity contribution is 6.30. The van der Waals surface area contributed by atoms with Gasteiger partial charge in [-0.3, -0.25) is 4.98 Å². The summed E-state index contributed by atoms with van der Waals surface area (Å²) in [7, 11) is 0. The molecule has 3 rings (SSSR count). The second-order valence-electron chi connectivity index (χ2n) is 3.24. The molecule has 0 bridgehead atoms. The molecule has 0 aliphatic heterocycles. The highest BCUT2D eigenvalue weighted by atomic mass is 35.5. The fourth-order valence-corrected chi connectivity index (χ4v) is 1.56. The van der Waals surface area contributed by atoms with Gasteiger partial charge in [0.05, 0.1) is 10.6 Å². The Labute approximate surface area is 95.9 Å². The van der Waals surface area contributed by atoms with Gasteiger partial charge in [-0.1, -0.05) is 11.6 Å². The largest absolute Gasteiger partial charge is 0.418 e. The molecule has 0 aliphatic carbocycles. The first kappa shape index (κ1) is 9.30. The van der Waals surface area contributed by atoms with Crippen molar-refractivity contribution in [1.82, 2.24) is 15.0 Å². The smallest absolute Gasteiger partial charge is 0.247 e. The van der Waals surface area contributed by atoms with Crippen LogP contribution < -0.4 is 0 Å². The third-order valence-corrected chi connectivity index (χ3v) is 2.33. The number of fused-ring (bicyclic) bond motifs is 1. The molecule has 0 radical (unpaired) electrons. The van der Waals surface area contributed by atoms with E-state index >= 15 is 0 Å². The molecule has 4 nitrogen and oxygen atoms in total. The lowest BCUT2D eigenvalue weighted by Gasteiger charge is -1.90. The number of nitrogens with zero attached hydrogens (tertiary/aromatic N) is 3. The highest BCUT2D eigenvalue weighted by Crippen LogP contribution is 2.23. The summed E-state index contributed by atoms with van der Waals surface area (Å²) in [6.07, 6.45) is 4.91. The van der Waals surface area contributed by atoms with Crippen LogP contribution >= 0.6 is 11.6 Å². The standard InChI is InChI=1S/C11H6ClN3O/c12-8-4-9-11(14-6-8)16-10(15-9)7-2-1-3-13-5-7/h1-6H. The van der Waals surface area contributed by atoms with E-state index in [4.69, 9.17) is 16.0 Å². The maximum absolute atomic E-state index is 5.82. The lowest BCUT2D eigenvalue weighted by Crippen LogP contribution is -1.77. The van der Waals surface area contributed by atoms with Crippen molar-refractivity contribution in [3.63, 3.8) is 0 Å². The molecule has 0 spiro atoms. The van der Waals surface area contributed by atoms with Gasteiger partial charge in [-0.2, -0.15) is 0 Å². The van der Waals surface area contributed by atoms with Gasteiger partial charge >= 0.3 is 0 Å². The summed E-state index contributed by atoms with van der Waals surface area (Å²) in [5, 5.41) is 0.540. The number of halogens is 1. The Balaban J connectivity index is 2.19. The minimum absolute atomic E-state index is 0.475. The molecule has 0 saturated heterocycles. The van der Waals surface area contributed by atoms with E-state index in [0.29, 0.717) is 22.1 Å². The Morgan fingerprint density at radius 1 is 1.25 bits per heavy atom. The molecular formula is C11H6ClN3O. The summed E-state index contributed by atoms with van der Waals surface area (Å²) in [4.78, 5) is 12.3. The highest BCUT2D eigenvalue weighted by Gasteiger charge is 2.09. The van der Waals surface area contributed by atoms with E-state index < -0.39 is 0 Å². The number of aromatic nitrogens is 3.